The van der Waals surface area contributed by atoms with E-state index >= 15 is 0 Å². The zero-order valence-electron chi connectivity index (χ0n) is 17.8. The number of anilines is 1. The molecule has 0 aliphatic carbocycles. The van der Waals surface area contributed by atoms with Crippen LogP contribution in [0.25, 0.3) is 10.2 Å². The fraction of sp³-hybridized carbons (Fsp3) is 0.174. The molecule has 0 saturated carbocycles. The van der Waals surface area contributed by atoms with Crippen LogP contribution in [0.5, 0.6) is 5.75 Å². The van der Waals surface area contributed by atoms with Crippen LogP contribution in [-0.4, -0.2) is 41.7 Å². The van der Waals surface area contributed by atoms with Crippen LogP contribution in [0.1, 0.15) is 5.01 Å². The molecule has 0 atom stereocenters. The van der Waals surface area contributed by atoms with Crippen molar-refractivity contribution >= 4 is 67.5 Å². The molecule has 0 radical (unpaired) electrons. The first kappa shape index (κ1) is 21.1. The molecule has 32 heavy (non-hydrogen) atoms. The average molecular weight is 481 g/mol. The quantitative estimate of drug-likeness (QED) is 0.349. The second-order valence-corrected chi connectivity index (χ2v) is 10.5. The van der Waals surface area contributed by atoms with Crippen molar-refractivity contribution in [3.05, 3.63) is 64.0 Å². The number of thioether (sulfide) groups is 2. The molecule has 1 amide bonds. The maximum atomic E-state index is 13.4. The number of hydrogen-bond acceptors (Lipinski definition) is 8. The number of thiazole rings is 1. The Balaban J connectivity index is 1.53. The molecule has 2 aliphatic rings. The van der Waals surface area contributed by atoms with E-state index in [2.05, 4.69) is 11.6 Å². The largest absolute Gasteiger partial charge is 0.497 e. The minimum Gasteiger partial charge on any atom is -0.497 e. The Hall–Kier alpha value is -2.75. The van der Waals surface area contributed by atoms with Gasteiger partial charge in [-0.15, -0.1) is 17.9 Å². The SMILES string of the molecule is C=CCN1C(=O)/C(=C2/Sc3ccc(OC)cc3N2C)SC1=Nc1ccc2sc(C)nc2c1. The molecule has 0 N–H and O–H groups in total. The topological polar surface area (TPSA) is 58.0 Å². The van der Waals surface area contributed by atoms with Gasteiger partial charge < -0.3 is 9.64 Å². The molecule has 5 rings (SSSR count). The molecule has 9 heteroatoms. The maximum absolute atomic E-state index is 13.4. The molecule has 0 bridgehead atoms. The Bertz CT molecular complexity index is 1330. The van der Waals surface area contributed by atoms with Gasteiger partial charge in [0.15, 0.2) is 5.17 Å². The van der Waals surface area contributed by atoms with E-state index in [1.165, 1.54) is 11.8 Å². The van der Waals surface area contributed by atoms with Gasteiger partial charge in [0.05, 0.1) is 38.7 Å². The van der Waals surface area contributed by atoms with Crippen LogP contribution in [0.4, 0.5) is 11.4 Å². The van der Waals surface area contributed by atoms with Crippen molar-refractivity contribution in [2.45, 2.75) is 11.8 Å². The van der Waals surface area contributed by atoms with Crippen LogP contribution >= 0.6 is 34.9 Å². The number of aliphatic imine (C=N–C) groups is 1. The number of aromatic nitrogens is 1. The second-order valence-electron chi connectivity index (χ2n) is 7.21. The lowest BCUT2D eigenvalue weighted by Crippen LogP contribution is -2.29. The fourth-order valence-electron chi connectivity index (χ4n) is 3.57. The van der Waals surface area contributed by atoms with E-state index < -0.39 is 0 Å². The van der Waals surface area contributed by atoms with Gasteiger partial charge in [-0.2, -0.15) is 0 Å². The summed E-state index contributed by atoms with van der Waals surface area (Å²) in [5.41, 5.74) is 2.72. The normalized spacial score (nSPS) is 19.3. The van der Waals surface area contributed by atoms with Crippen molar-refractivity contribution < 1.29 is 9.53 Å². The van der Waals surface area contributed by atoms with Crippen LogP contribution in [-0.2, 0) is 4.79 Å². The molecule has 1 fully saturated rings. The minimum atomic E-state index is -0.0617. The summed E-state index contributed by atoms with van der Waals surface area (Å²) in [7, 11) is 3.62. The van der Waals surface area contributed by atoms with Gasteiger partial charge in [-0.25, -0.2) is 9.98 Å². The van der Waals surface area contributed by atoms with Crippen molar-refractivity contribution in [2.75, 3.05) is 25.6 Å². The van der Waals surface area contributed by atoms with Crippen LogP contribution in [0, 0.1) is 6.92 Å². The molecule has 1 saturated heterocycles. The number of ether oxygens (including phenoxy) is 1. The number of carbonyl (C=O) groups excluding carboxylic acids is 1. The number of amidine groups is 1. The van der Waals surface area contributed by atoms with Gasteiger partial charge in [-0.1, -0.05) is 17.8 Å². The number of methoxy groups -OCH3 is 1. The van der Waals surface area contributed by atoms with E-state index in [-0.39, 0.29) is 5.91 Å². The monoisotopic (exact) mass is 480 g/mol. The van der Waals surface area contributed by atoms with Crippen molar-refractivity contribution in [1.82, 2.24) is 9.88 Å². The van der Waals surface area contributed by atoms with E-state index in [0.29, 0.717) is 16.6 Å². The highest BCUT2D eigenvalue weighted by atomic mass is 32.2. The predicted molar refractivity (Wildman–Crippen MR) is 135 cm³/mol. The smallest absolute Gasteiger partial charge is 0.269 e. The number of amides is 1. The third kappa shape index (κ3) is 3.60. The number of rotatable bonds is 4. The number of carbonyl (C=O) groups is 1. The Morgan fingerprint density at radius 3 is 2.84 bits per heavy atom. The van der Waals surface area contributed by atoms with Crippen LogP contribution < -0.4 is 9.64 Å². The second kappa shape index (κ2) is 8.31. The van der Waals surface area contributed by atoms with Gasteiger partial charge in [0.25, 0.3) is 5.91 Å². The average Bonchev–Trinajstić information content (AvgIpc) is 3.41. The lowest BCUT2D eigenvalue weighted by atomic mass is 10.3. The summed E-state index contributed by atoms with van der Waals surface area (Å²) >= 11 is 4.65. The van der Waals surface area contributed by atoms with Gasteiger partial charge >= 0.3 is 0 Å². The van der Waals surface area contributed by atoms with Gasteiger partial charge in [0.2, 0.25) is 0 Å². The summed E-state index contributed by atoms with van der Waals surface area (Å²) in [6, 6.07) is 11.9. The number of aryl methyl sites for hydroxylation is 1. The van der Waals surface area contributed by atoms with Crippen molar-refractivity contribution in [3.8, 4) is 5.75 Å². The Morgan fingerprint density at radius 2 is 2.06 bits per heavy atom. The number of hydrogen-bond donors (Lipinski definition) is 0. The molecule has 3 heterocycles. The summed E-state index contributed by atoms with van der Waals surface area (Å²) in [5, 5.41) is 2.56. The number of benzene rings is 2. The van der Waals surface area contributed by atoms with Crippen LogP contribution in [0.2, 0.25) is 0 Å². The summed E-state index contributed by atoms with van der Waals surface area (Å²) in [6.45, 7) is 6.21. The lowest BCUT2D eigenvalue weighted by molar-refractivity contribution is -0.121. The third-order valence-corrected chi connectivity index (χ3v) is 8.49. The van der Waals surface area contributed by atoms with Crippen molar-refractivity contribution in [2.24, 2.45) is 4.99 Å². The van der Waals surface area contributed by atoms with E-state index in [1.54, 1.807) is 41.2 Å². The highest BCUT2D eigenvalue weighted by Crippen LogP contribution is 2.51. The zero-order valence-corrected chi connectivity index (χ0v) is 20.2. The molecule has 0 unspecified atom stereocenters. The Morgan fingerprint density at radius 1 is 1.22 bits per heavy atom. The highest BCUT2D eigenvalue weighted by molar-refractivity contribution is 8.19. The molecule has 0 spiro atoms. The highest BCUT2D eigenvalue weighted by Gasteiger charge is 2.38. The molecule has 162 valence electrons. The van der Waals surface area contributed by atoms with Crippen LogP contribution in [0.15, 0.2) is 68.9 Å². The van der Waals surface area contributed by atoms with Gasteiger partial charge in [-0.3, -0.25) is 9.69 Å². The van der Waals surface area contributed by atoms with Crippen molar-refractivity contribution in [3.63, 3.8) is 0 Å². The van der Waals surface area contributed by atoms with Gasteiger partial charge in [0.1, 0.15) is 10.7 Å². The maximum Gasteiger partial charge on any atom is 0.269 e. The summed E-state index contributed by atoms with van der Waals surface area (Å²) in [4.78, 5) is 28.2. The molecule has 3 aromatic rings. The fourth-order valence-corrected chi connectivity index (χ4v) is 6.71. The standard InChI is InChI=1S/C23H20N4O2S3/c1-5-10-27-21(28)20(22-26(3)17-12-15(29-4)7-9-19(17)31-22)32-23(27)25-14-6-8-18-16(11-14)24-13(2)30-18/h5-9,11-12H,1,10H2,2-4H3/b22-20-,25-23?. The molecule has 1 aromatic heterocycles. The lowest BCUT2D eigenvalue weighted by Gasteiger charge is -2.15. The van der Waals surface area contributed by atoms with E-state index in [1.807, 2.05) is 55.3 Å². The first-order chi connectivity index (χ1) is 15.5. The van der Waals surface area contributed by atoms with E-state index in [0.717, 1.165) is 42.3 Å². The van der Waals surface area contributed by atoms with Crippen molar-refractivity contribution in [1.29, 1.82) is 0 Å². The molecular formula is C23H20N4O2S3. The Kier molecular flexibility index (Phi) is 5.48. The summed E-state index contributed by atoms with van der Waals surface area (Å²) < 4.78 is 6.50. The first-order valence-corrected chi connectivity index (χ1v) is 12.3. The molecule has 6 nitrogen and oxygen atoms in total. The molecule has 2 aromatic carbocycles. The molecular weight excluding hydrogens is 460 g/mol. The Labute approximate surface area is 198 Å². The van der Waals surface area contributed by atoms with E-state index in [4.69, 9.17) is 9.73 Å². The minimum absolute atomic E-state index is 0.0617. The van der Waals surface area contributed by atoms with E-state index in [9.17, 15) is 4.79 Å². The summed E-state index contributed by atoms with van der Waals surface area (Å²) in [6.07, 6.45) is 1.72. The van der Waals surface area contributed by atoms with Crippen LogP contribution in [0.3, 0.4) is 0 Å². The first-order valence-electron chi connectivity index (χ1n) is 9.89. The van der Waals surface area contributed by atoms with Gasteiger partial charge in [0, 0.05) is 24.6 Å². The third-order valence-electron chi connectivity index (χ3n) is 5.11. The number of fused-ring (bicyclic) bond motifs is 2. The summed E-state index contributed by atoms with van der Waals surface area (Å²) in [5.74, 6) is 0.726. The molecule has 2 aliphatic heterocycles. The number of nitrogens with zero attached hydrogens (tertiary/aromatic N) is 4. The predicted octanol–water partition coefficient (Wildman–Crippen LogP) is 5.77. The van der Waals surface area contributed by atoms with Gasteiger partial charge in [-0.05, 0) is 49.0 Å². The zero-order chi connectivity index (χ0) is 22.4.